The van der Waals surface area contributed by atoms with Gasteiger partial charge in [0.25, 0.3) is 0 Å². The minimum atomic E-state index is -0.575. The van der Waals surface area contributed by atoms with Crippen LogP contribution in [0.1, 0.15) is 12.5 Å². The predicted molar refractivity (Wildman–Crippen MR) is 59.7 cm³/mol. The first-order valence-corrected chi connectivity index (χ1v) is 4.34. The summed E-state index contributed by atoms with van der Waals surface area (Å²) in [5.41, 5.74) is 0.298. The Bertz CT molecular complexity index is 279. The zero-order valence-corrected chi connectivity index (χ0v) is 10.1. The van der Waals surface area contributed by atoms with E-state index in [9.17, 15) is 4.79 Å². The largest absolute Gasteiger partial charge is 0.446 e. The fourth-order valence-electron chi connectivity index (χ4n) is 0.890. The van der Waals surface area contributed by atoms with Gasteiger partial charge < -0.3 is 4.74 Å². The topological polar surface area (TPSA) is 39.2 Å². The van der Waals surface area contributed by atoms with Gasteiger partial charge in [-0.15, -0.1) is 17.0 Å². The van der Waals surface area contributed by atoms with Gasteiger partial charge >= 0.3 is 5.97 Å². The molecule has 14 heavy (non-hydrogen) atoms. The number of ether oxygens (including phenoxy) is 1. The van der Waals surface area contributed by atoms with Crippen molar-refractivity contribution >= 4 is 34.6 Å². The van der Waals surface area contributed by atoms with E-state index < -0.39 is 5.56 Å². The molecule has 0 saturated carbocycles. The van der Waals surface area contributed by atoms with Crippen LogP contribution in [-0.2, 0) is 16.0 Å². The zero-order valence-electron chi connectivity index (χ0n) is 7.64. The molecule has 0 spiro atoms. The summed E-state index contributed by atoms with van der Waals surface area (Å²) in [5.74, 6) is -0.325. The molecule has 1 heterocycles. The van der Waals surface area contributed by atoms with Gasteiger partial charge in [-0.1, -0.05) is 11.6 Å². The SMILES string of the molecule is Br.CC(Cl)OC(=O)Cc1ccncc1. The van der Waals surface area contributed by atoms with Crippen molar-refractivity contribution in [1.82, 2.24) is 4.98 Å². The average molecular weight is 281 g/mol. The van der Waals surface area contributed by atoms with Crippen molar-refractivity contribution in [3.63, 3.8) is 0 Å². The number of halogens is 2. The fraction of sp³-hybridized carbons (Fsp3) is 0.333. The molecule has 0 amide bonds. The number of nitrogens with zero attached hydrogens (tertiary/aromatic N) is 1. The van der Waals surface area contributed by atoms with E-state index in [-0.39, 0.29) is 29.4 Å². The van der Waals surface area contributed by atoms with E-state index in [0.29, 0.717) is 0 Å². The Morgan fingerprint density at radius 3 is 2.64 bits per heavy atom. The summed E-state index contributed by atoms with van der Waals surface area (Å²) < 4.78 is 4.76. The average Bonchev–Trinajstić information content (AvgIpc) is 2.04. The van der Waals surface area contributed by atoms with E-state index >= 15 is 0 Å². The van der Waals surface area contributed by atoms with Crippen molar-refractivity contribution in [1.29, 1.82) is 0 Å². The molecule has 1 unspecified atom stereocenters. The van der Waals surface area contributed by atoms with Crippen LogP contribution in [0.2, 0.25) is 0 Å². The third-order valence-electron chi connectivity index (χ3n) is 1.39. The smallest absolute Gasteiger partial charge is 0.311 e. The fourth-order valence-corrected chi connectivity index (χ4v) is 0.989. The molecule has 78 valence electrons. The summed E-state index contributed by atoms with van der Waals surface area (Å²) in [4.78, 5) is 14.9. The van der Waals surface area contributed by atoms with E-state index in [0.717, 1.165) is 5.56 Å². The third kappa shape index (κ3) is 5.19. The Labute approximate surface area is 98.2 Å². The highest BCUT2D eigenvalue weighted by Crippen LogP contribution is 2.02. The maximum atomic E-state index is 11.1. The van der Waals surface area contributed by atoms with Crippen molar-refractivity contribution in [3.8, 4) is 0 Å². The van der Waals surface area contributed by atoms with Gasteiger partial charge in [0.2, 0.25) is 0 Å². The molecule has 0 aliphatic heterocycles. The normalized spacial score (nSPS) is 11.3. The molecule has 1 aromatic heterocycles. The second-order valence-electron chi connectivity index (χ2n) is 2.57. The van der Waals surface area contributed by atoms with Crippen molar-refractivity contribution in [2.24, 2.45) is 0 Å². The second-order valence-corrected chi connectivity index (χ2v) is 3.18. The molecule has 0 fully saturated rings. The van der Waals surface area contributed by atoms with Crippen LogP contribution >= 0.6 is 28.6 Å². The molecule has 0 aliphatic carbocycles. The molecule has 0 saturated heterocycles. The van der Waals surface area contributed by atoms with E-state index in [1.54, 1.807) is 31.5 Å². The Hall–Kier alpha value is -0.610. The van der Waals surface area contributed by atoms with Crippen LogP contribution in [0, 0.1) is 0 Å². The van der Waals surface area contributed by atoms with E-state index in [4.69, 9.17) is 16.3 Å². The van der Waals surface area contributed by atoms with Crippen molar-refractivity contribution in [2.45, 2.75) is 18.9 Å². The van der Waals surface area contributed by atoms with Crippen molar-refractivity contribution in [2.75, 3.05) is 0 Å². The molecule has 0 aromatic carbocycles. The molecule has 3 nitrogen and oxygen atoms in total. The van der Waals surface area contributed by atoms with Crippen LogP contribution < -0.4 is 0 Å². The highest BCUT2D eigenvalue weighted by Gasteiger charge is 2.06. The summed E-state index contributed by atoms with van der Waals surface area (Å²) in [6.45, 7) is 1.60. The number of alkyl halides is 1. The van der Waals surface area contributed by atoms with Gasteiger partial charge in [-0.3, -0.25) is 9.78 Å². The lowest BCUT2D eigenvalue weighted by Crippen LogP contribution is -2.11. The number of rotatable bonds is 3. The molecule has 1 atom stereocenters. The number of carbonyl (C=O) groups excluding carboxylic acids is 1. The lowest BCUT2D eigenvalue weighted by Gasteiger charge is -2.05. The van der Waals surface area contributed by atoms with E-state index in [2.05, 4.69) is 4.98 Å². The van der Waals surface area contributed by atoms with E-state index in [1.807, 2.05) is 0 Å². The molecule has 0 N–H and O–H groups in total. The van der Waals surface area contributed by atoms with Gasteiger partial charge in [0.05, 0.1) is 6.42 Å². The standard InChI is InChI=1S/C9H10ClNO2.BrH/c1-7(10)13-9(12)6-8-2-4-11-5-3-8;/h2-5,7H,6H2,1H3;1H. The first kappa shape index (κ1) is 13.4. The quantitative estimate of drug-likeness (QED) is 0.630. The highest BCUT2D eigenvalue weighted by molar-refractivity contribution is 8.93. The number of esters is 1. The van der Waals surface area contributed by atoms with Gasteiger partial charge in [0, 0.05) is 12.4 Å². The Kier molecular flexibility index (Phi) is 6.49. The van der Waals surface area contributed by atoms with Crippen LogP contribution in [0.4, 0.5) is 0 Å². The first-order chi connectivity index (χ1) is 6.18. The number of hydrogen-bond acceptors (Lipinski definition) is 3. The Balaban J connectivity index is 0.00000169. The summed E-state index contributed by atoms with van der Waals surface area (Å²) in [7, 11) is 0. The van der Waals surface area contributed by atoms with Gasteiger partial charge in [-0.2, -0.15) is 0 Å². The van der Waals surface area contributed by atoms with Crippen LogP contribution in [0.5, 0.6) is 0 Å². The second kappa shape index (κ2) is 6.79. The minimum Gasteiger partial charge on any atom is -0.446 e. The van der Waals surface area contributed by atoms with Crippen LogP contribution in [-0.4, -0.2) is 16.5 Å². The summed E-state index contributed by atoms with van der Waals surface area (Å²) >= 11 is 5.48. The van der Waals surface area contributed by atoms with Crippen LogP contribution in [0.25, 0.3) is 0 Å². The zero-order chi connectivity index (χ0) is 9.68. The highest BCUT2D eigenvalue weighted by atomic mass is 79.9. The molecule has 1 aromatic rings. The lowest BCUT2D eigenvalue weighted by molar-refractivity contribution is -0.143. The molecular formula is C9H11BrClNO2. The number of aromatic nitrogens is 1. The van der Waals surface area contributed by atoms with Gasteiger partial charge in [0.1, 0.15) is 0 Å². The predicted octanol–water partition coefficient (Wildman–Crippen LogP) is 2.33. The third-order valence-corrected chi connectivity index (χ3v) is 1.48. The first-order valence-electron chi connectivity index (χ1n) is 3.91. The molecule has 0 bridgehead atoms. The molecule has 1 rings (SSSR count). The lowest BCUT2D eigenvalue weighted by atomic mass is 10.2. The van der Waals surface area contributed by atoms with Gasteiger partial charge in [0.15, 0.2) is 5.56 Å². The van der Waals surface area contributed by atoms with E-state index in [1.165, 1.54) is 0 Å². The number of pyridine rings is 1. The number of carbonyl (C=O) groups is 1. The maximum absolute atomic E-state index is 11.1. The van der Waals surface area contributed by atoms with Crippen LogP contribution in [0.3, 0.4) is 0 Å². The van der Waals surface area contributed by atoms with Crippen molar-refractivity contribution in [3.05, 3.63) is 30.1 Å². The van der Waals surface area contributed by atoms with Gasteiger partial charge in [-0.05, 0) is 24.6 Å². The van der Waals surface area contributed by atoms with Crippen LogP contribution in [0.15, 0.2) is 24.5 Å². The summed E-state index contributed by atoms with van der Waals surface area (Å²) in [6, 6.07) is 3.53. The monoisotopic (exact) mass is 279 g/mol. The number of hydrogen-bond donors (Lipinski definition) is 0. The minimum absolute atomic E-state index is 0. The molecule has 0 aliphatic rings. The molecule has 0 radical (unpaired) electrons. The van der Waals surface area contributed by atoms with Gasteiger partial charge in [-0.25, -0.2) is 0 Å². The summed E-state index contributed by atoms with van der Waals surface area (Å²) in [6.07, 6.45) is 3.50. The summed E-state index contributed by atoms with van der Waals surface area (Å²) in [5, 5.41) is 0. The Morgan fingerprint density at radius 2 is 2.14 bits per heavy atom. The Morgan fingerprint density at radius 1 is 1.57 bits per heavy atom. The molecular weight excluding hydrogens is 269 g/mol. The maximum Gasteiger partial charge on any atom is 0.311 e. The molecule has 5 heteroatoms. The van der Waals surface area contributed by atoms with Crippen molar-refractivity contribution < 1.29 is 9.53 Å².